The molecule has 2 unspecified atom stereocenters. The molecule has 2 aromatic rings. The molecule has 6 heteroatoms. The highest BCUT2D eigenvalue weighted by molar-refractivity contribution is 8.01. The Morgan fingerprint density at radius 2 is 2.00 bits per heavy atom. The van der Waals surface area contributed by atoms with Crippen molar-refractivity contribution in [2.45, 2.75) is 22.6 Å². The summed E-state index contributed by atoms with van der Waals surface area (Å²) in [5, 5.41) is 18.3. The van der Waals surface area contributed by atoms with Gasteiger partial charge in [-0.3, -0.25) is 0 Å². The lowest BCUT2D eigenvalue weighted by molar-refractivity contribution is 0.179. The van der Waals surface area contributed by atoms with Gasteiger partial charge in [0.2, 0.25) is 5.13 Å². The molecule has 1 heterocycles. The van der Waals surface area contributed by atoms with Gasteiger partial charge in [0.05, 0.1) is 6.10 Å². The van der Waals surface area contributed by atoms with Crippen molar-refractivity contribution in [2.24, 2.45) is 0 Å². The first-order chi connectivity index (χ1) is 8.16. The number of benzene rings is 1. The molecule has 0 aliphatic heterocycles. The molecule has 0 saturated heterocycles. The summed E-state index contributed by atoms with van der Waals surface area (Å²) in [6.45, 7) is 1.96. The molecule has 1 aromatic heterocycles. The van der Waals surface area contributed by atoms with Gasteiger partial charge in [0.15, 0.2) is 4.34 Å². The molecule has 0 bridgehead atoms. The first-order valence-corrected chi connectivity index (χ1v) is 6.85. The second-order valence-corrected chi connectivity index (χ2v) is 6.22. The molecule has 17 heavy (non-hydrogen) atoms. The van der Waals surface area contributed by atoms with E-state index in [1.165, 1.54) is 23.1 Å². The van der Waals surface area contributed by atoms with Crippen LogP contribution in [0.2, 0.25) is 0 Å². The summed E-state index contributed by atoms with van der Waals surface area (Å²) in [6.07, 6.45) is -0.522. The van der Waals surface area contributed by atoms with Crippen molar-refractivity contribution < 1.29 is 5.11 Å². The van der Waals surface area contributed by atoms with Crippen LogP contribution < -0.4 is 5.73 Å². The fourth-order valence-electron chi connectivity index (χ4n) is 1.41. The van der Waals surface area contributed by atoms with Crippen LogP contribution in [0.5, 0.6) is 0 Å². The second kappa shape index (κ2) is 5.48. The lowest BCUT2D eigenvalue weighted by Gasteiger charge is -2.17. The van der Waals surface area contributed by atoms with Crippen molar-refractivity contribution >= 4 is 28.2 Å². The largest absolute Gasteiger partial charge is 0.387 e. The third-order valence-corrected chi connectivity index (χ3v) is 4.29. The fourth-order valence-corrected chi connectivity index (χ4v) is 3.35. The van der Waals surface area contributed by atoms with Crippen molar-refractivity contribution in [2.75, 3.05) is 5.73 Å². The van der Waals surface area contributed by atoms with E-state index in [-0.39, 0.29) is 5.25 Å². The Balaban J connectivity index is 2.03. The predicted molar refractivity (Wildman–Crippen MR) is 71.0 cm³/mol. The van der Waals surface area contributed by atoms with Gasteiger partial charge in [-0.15, -0.1) is 10.2 Å². The zero-order valence-electron chi connectivity index (χ0n) is 9.28. The van der Waals surface area contributed by atoms with E-state index in [9.17, 15) is 5.11 Å². The number of aromatic nitrogens is 2. The molecule has 0 radical (unpaired) electrons. The number of aliphatic hydroxyl groups is 1. The monoisotopic (exact) mass is 267 g/mol. The summed E-state index contributed by atoms with van der Waals surface area (Å²) in [4.78, 5) is 0. The number of hydrogen-bond acceptors (Lipinski definition) is 6. The van der Waals surface area contributed by atoms with Crippen LogP contribution in [-0.2, 0) is 0 Å². The molecule has 4 nitrogen and oxygen atoms in total. The molecule has 0 aliphatic carbocycles. The van der Waals surface area contributed by atoms with E-state index in [1.54, 1.807) is 0 Å². The Labute approximate surface area is 108 Å². The van der Waals surface area contributed by atoms with Gasteiger partial charge in [-0.25, -0.2) is 0 Å². The van der Waals surface area contributed by atoms with Crippen LogP contribution in [0.25, 0.3) is 0 Å². The maximum atomic E-state index is 10.2. The summed E-state index contributed by atoms with van der Waals surface area (Å²) in [5.41, 5.74) is 6.42. The Morgan fingerprint density at radius 3 is 2.59 bits per heavy atom. The van der Waals surface area contributed by atoms with Gasteiger partial charge in [0.25, 0.3) is 0 Å². The summed E-state index contributed by atoms with van der Waals surface area (Å²) in [7, 11) is 0. The smallest absolute Gasteiger partial charge is 0.203 e. The van der Waals surface area contributed by atoms with Crippen molar-refractivity contribution in [1.82, 2.24) is 10.2 Å². The van der Waals surface area contributed by atoms with Crippen molar-refractivity contribution in [3.8, 4) is 0 Å². The molecular formula is C11H13N3OS2. The molecule has 90 valence electrons. The van der Waals surface area contributed by atoms with Gasteiger partial charge in [0.1, 0.15) is 0 Å². The average Bonchev–Trinajstić information content (AvgIpc) is 2.75. The predicted octanol–water partition coefficient (Wildman–Crippen LogP) is 2.33. The van der Waals surface area contributed by atoms with Crippen LogP contribution in [-0.4, -0.2) is 20.6 Å². The van der Waals surface area contributed by atoms with Gasteiger partial charge in [-0.2, -0.15) is 0 Å². The minimum Gasteiger partial charge on any atom is -0.387 e. The summed E-state index contributed by atoms with van der Waals surface area (Å²) in [6, 6.07) is 9.59. The van der Waals surface area contributed by atoms with Crippen molar-refractivity contribution in [3.05, 3.63) is 35.9 Å². The quantitative estimate of drug-likeness (QED) is 0.832. The fraction of sp³-hybridized carbons (Fsp3) is 0.273. The summed E-state index contributed by atoms with van der Waals surface area (Å²) < 4.78 is 0.782. The molecule has 3 N–H and O–H groups in total. The number of thioether (sulfide) groups is 1. The molecule has 0 aliphatic rings. The van der Waals surface area contributed by atoms with E-state index in [1.807, 2.05) is 37.3 Å². The number of nitrogens with zero attached hydrogens (tertiary/aromatic N) is 2. The third kappa shape index (κ3) is 3.18. The van der Waals surface area contributed by atoms with Crippen LogP contribution in [0.3, 0.4) is 0 Å². The number of aliphatic hydroxyl groups excluding tert-OH is 1. The highest BCUT2D eigenvalue weighted by atomic mass is 32.2. The number of rotatable bonds is 4. The maximum Gasteiger partial charge on any atom is 0.203 e. The lowest BCUT2D eigenvalue weighted by Crippen LogP contribution is -2.10. The topological polar surface area (TPSA) is 72.0 Å². The average molecular weight is 267 g/mol. The summed E-state index contributed by atoms with van der Waals surface area (Å²) >= 11 is 2.82. The third-order valence-electron chi connectivity index (χ3n) is 2.29. The molecule has 1 aromatic carbocycles. The minimum atomic E-state index is -0.522. The highest BCUT2D eigenvalue weighted by Crippen LogP contribution is 2.33. The summed E-state index contributed by atoms with van der Waals surface area (Å²) in [5.74, 6) is 0. The molecular weight excluding hydrogens is 254 g/mol. The molecule has 0 fully saturated rings. The first-order valence-electron chi connectivity index (χ1n) is 5.15. The van der Waals surface area contributed by atoms with Crippen molar-refractivity contribution in [1.29, 1.82) is 0 Å². The van der Waals surface area contributed by atoms with Gasteiger partial charge in [-0.1, -0.05) is 60.4 Å². The van der Waals surface area contributed by atoms with E-state index < -0.39 is 6.10 Å². The molecule has 2 atom stereocenters. The molecule has 0 spiro atoms. The SMILES string of the molecule is CC(Sc1nnc(N)s1)C(O)c1ccccc1. The van der Waals surface area contributed by atoms with Crippen LogP contribution in [0, 0.1) is 0 Å². The second-order valence-electron chi connectivity index (χ2n) is 3.58. The number of anilines is 1. The van der Waals surface area contributed by atoms with Gasteiger partial charge in [-0.05, 0) is 5.56 Å². The zero-order chi connectivity index (χ0) is 12.3. The Kier molecular flexibility index (Phi) is 3.98. The lowest BCUT2D eigenvalue weighted by atomic mass is 10.1. The van der Waals surface area contributed by atoms with Crippen LogP contribution >= 0.6 is 23.1 Å². The molecule has 0 amide bonds. The Morgan fingerprint density at radius 1 is 1.29 bits per heavy atom. The first kappa shape index (κ1) is 12.3. The van der Waals surface area contributed by atoms with Crippen LogP contribution in [0.4, 0.5) is 5.13 Å². The number of nitrogen functional groups attached to an aromatic ring is 1. The highest BCUT2D eigenvalue weighted by Gasteiger charge is 2.19. The zero-order valence-corrected chi connectivity index (χ0v) is 10.9. The van der Waals surface area contributed by atoms with E-state index in [0.717, 1.165) is 9.90 Å². The van der Waals surface area contributed by atoms with Crippen LogP contribution in [0.1, 0.15) is 18.6 Å². The maximum absolute atomic E-state index is 10.2. The minimum absolute atomic E-state index is 0.00440. The van der Waals surface area contributed by atoms with Gasteiger partial charge >= 0.3 is 0 Å². The number of nitrogens with two attached hydrogens (primary N) is 1. The normalized spacial score (nSPS) is 14.5. The standard InChI is InChI=1S/C11H13N3OS2/c1-7(16-11-14-13-10(12)17-11)9(15)8-5-3-2-4-6-8/h2-7,9,15H,1H3,(H2,12,13). The Bertz CT molecular complexity index is 475. The van der Waals surface area contributed by atoms with E-state index in [2.05, 4.69) is 10.2 Å². The van der Waals surface area contributed by atoms with Gasteiger partial charge in [0, 0.05) is 5.25 Å². The Hall–Kier alpha value is -1.11. The van der Waals surface area contributed by atoms with E-state index >= 15 is 0 Å². The van der Waals surface area contributed by atoms with E-state index in [0.29, 0.717) is 5.13 Å². The van der Waals surface area contributed by atoms with Crippen molar-refractivity contribution in [3.63, 3.8) is 0 Å². The molecule has 0 saturated carbocycles. The van der Waals surface area contributed by atoms with Gasteiger partial charge < -0.3 is 10.8 Å². The van der Waals surface area contributed by atoms with E-state index in [4.69, 9.17) is 5.73 Å². The molecule has 2 rings (SSSR count). The number of hydrogen-bond donors (Lipinski definition) is 2. The van der Waals surface area contributed by atoms with Crippen LogP contribution in [0.15, 0.2) is 34.7 Å².